The van der Waals surface area contributed by atoms with Gasteiger partial charge in [0.05, 0.1) is 24.0 Å². The highest BCUT2D eigenvalue weighted by Gasteiger charge is 2.58. The first-order chi connectivity index (χ1) is 13.9. The molecular formula is C18H19F2N7O2. The number of urea groups is 1. The standard InChI is InChI=1S/C18H19F2N7O2/c19-18(20)7-13(18)24-16(28)11-1-2-12-15(23-11)27(10-3-6-26(12)9-10)17(29)25-14-8-21-4-5-22-14/h1-2,4-5,8,10-11,13,23H,3,6-7,9H2,(H,24,28)(H,22,25,29)/t10-,11?,13?/m0/s1. The summed E-state index contributed by atoms with van der Waals surface area (Å²) in [7, 11) is 0. The van der Waals surface area contributed by atoms with Crippen LogP contribution in [0.5, 0.6) is 0 Å². The van der Waals surface area contributed by atoms with Crippen LogP contribution in [0.4, 0.5) is 19.4 Å². The number of hydrogen-bond acceptors (Lipinski definition) is 6. The summed E-state index contributed by atoms with van der Waals surface area (Å²) >= 11 is 0. The summed E-state index contributed by atoms with van der Waals surface area (Å²) in [6.45, 7) is 1.47. The second kappa shape index (κ2) is 6.39. The van der Waals surface area contributed by atoms with Gasteiger partial charge in [0.25, 0.3) is 5.92 Å². The fourth-order valence-corrected chi connectivity index (χ4v) is 3.92. The predicted molar refractivity (Wildman–Crippen MR) is 97.5 cm³/mol. The van der Waals surface area contributed by atoms with Crippen LogP contribution in [0.2, 0.25) is 0 Å². The highest BCUT2D eigenvalue weighted by atomic mass is 19.3. The Morgan fingerprint density at radius 3 is 2.86 bits per heavy atom. The molecule has 2 bridgehead atoms. The lowest BCUT2D eigenvalue weighted by Gasteiger charge is -2.40. The zero-order chi connectivity index (χ0) is 20.2. The molecule has 152 valence electrons. The Labute approximate surface area is 164 Å². The number of rotatable bonds is 3. The van der Waals surface area contributed by atoms with Crippen molar-refractivity contribution in [3.63, 3.8) is 0 Å². The van der Waals surface area contributed by atoms with Crippen molar-refractivity contribution in [3.05, 3.63) is 42.3 Å². The summed E-state index contributed by atoms with van der Waals surface area (Å²) in [5.74, 6) is -2.57. The number of carbonyl (C=O) groups excluding carboxylic acids is 2. The predicted octanol–water partition coefficient (Wildman–Crippen LogP) is 0.619. The van der Waals surface area contributed by atoms with Crippen molar-refractivity contribution in [2.45, 2.75) is 36.9 Å². The van der Waals surface area contributed by atoms with E-state index < -0.39 is 23.9 Å². The van der Waals surface area contributed by atoms with Crippen molar-refractivity contribution < 1.29 is 18.4 Å². The quantitative estimate of drug-likeness (QED) is 0.684. The van der Waals surface area contributed by atoms with Gasteiger partial charge in [0.1, 0.15) is 11.9 Å². The van der Waals surface area contributed by atoms with Crippen LogP contribution in [0, 0.1) is 0 Å². The number of nitrogens with one attached hydrogen (secondary N) is 3. The van der Waals surface area contributed by atoms with E-state index in [1.807, 2.05) is 0 Å². The number of aromatic nitrogens is 2. The minimum absolute atomic E-state index is 0.0686. The van der Waals surface area contributed by atoms with Gasteiger partial charge < -0.3 is 15.5 Å². The van der Waals surface area contributed by atoms with Gasteiger partial charge in [-0.1, -0.05) is 6.08 Å². The molecule has 4 aliphatic rings. The summed E-state index contributed by atoms with van der Waals surface area (Å²) in [6.07, 6.45) is 8.26. The van der Waals surface area contributed by atoms with Crippen LogP contribution in [-0.4, -0.2) is 68.8 Å². The van der Waals surface area contributed by atoms with Crippen LogP contribution in [0.3, 0.4) is 0 Å². The van der Waals surface area contributed by atoms with Crippen LogP contribution >= 0.6 is 0 Å². The van der Waals surface area contributed by atoms with E-state index in [1.165, 1.54) is 18.6 Å². The van der Waals surface area contributed by atoms with Crippen LogP contribution < -0.4 is 16.0 Å². The number of allylic oxidation sites excluding steroid dienone is 1. The number of hydrogen-bond donors (Lipinski definition) is 3. The SMILES string of the molecule is O=C(NC1CC1(F)F)C1C=CC2=C(N1)N(C(=O)Nc1cnccn1)[C@H]1CCN2C1. The first kappa shape index (κ1) is 17.8. The van der Waals surface area contributed by atoms with Gasteiger partial charge in [-0.25, -0.2) is 18.6 Å². The number of fused-ring (bicyclic) bond motifs is 3. The van der Waals surface area contributed by atoms with Crippen molar-refractivity contribution >= 4 is 17.8 Å². The Kier molecular flexibility index (Phi) is 3.93. The molecule has 3 amide bonds. The molecule has 0 radical (unpaired) electrons. The van der Waals surface area contributed by atoms with E-state index in [0.29, 0.717) is 18.2 Å². The molecule has 11 heteroatoms. The molecule has 1 aliphatic carbocycles. The van der Waals surface area contributed by atoms with E-state index >= 15 is 0 Å². The lowest BCUT2D eigenvalue weighted by atomic mass is 10.1. The fourth-order valence-electron chi connectivity index (χ4n) is 3.92. The first-order valence-electron chi connectivity index (χ1n) is 9.41. The van der Waals surface area contributed by atoms with Gasteiger partial charge in [-0.2, -0.15) is 0 Å². The molecule has 0 aromatic carbocycles. The molecule has 1 saturated heterocycles. The molecule has 29 heavy (non-hydrogen) atoms. The molecule has 1 saturated carbocycles. The molecule has 1 aromatic heterocycles. The normalized spacial score (nSPS) is 28.6. The highest BCUT2D eigenvalue weighted by molar-refractivity contribution is 5.91. The van der Waals surface area contributed by atoms with E-state index in [4.69, 9.17) is 0 Å². The molecule has 2 fully saturated rings. The minimum Gasteiger partial charge on any atom is -0.366 e. The topological polar surface area (TPSA) is 102 Å². The Hall–Kier alpha value is -3.24. The van der Waals surface area contributed by atoms with Crippen LogP contribution in [0.1, 0.15) is 12.8 Å². The molecule has 0 spiro atoms. The van der Waals surface area contributed by atoms with Gasteiger partial charge in [-0.3, -0.25) is 20.0 Å². The van der Waals surface area contributed by atoms with E-state index in [2.05, 4.69) is 30.8 Å². The van der Waals surface area contributed by atoms with E-state index in [0.717, 1.165) is 18.7 Å². The number of nitrogens with zero attached hydrogens (tertiary/aromatic N) is 4. The Morgan fingerprint density at radius 1 is 1.31 bits per heavy atom. The lowest BCUT2D eigenvalue weighted by molar-refractivity contribution is -0.122. The molecule has 2 unspecified atom stereocenters. The third-order valence-electron chi connectivity index (χ3n) is 5.53. The Bertz CT molecular complexity index is 920. The Balaban J connectivity index is 1.36. The maximum Gasteiger partial charge on any atom is 0.329 e. The first-order valence-corrected chi connectivity index (χ1v) is 9.41. The summed E-state index contributed by atoms with van der Waals surface area (Å²) in [5.41, 5.74) is 0.800. The van der Waals surface area contributed by atoms with E-state index in [1.54, 1.807) is 17.1 Å². The van der Waals surface area contributed by atoms with Gasteiger partial charge >= 0.3 is 6.03 Å². The number of alkyl halides is 2. The second-order valence-electron chi connectivity index (χ2n) is 7.52. The largest absolute Gasteiger partial charge is 0.366 e. The van der Waals surface area contributed by atoms with Crippen molar-refractivity contribution in [2.24, 2.45) is 0 Å². The summed E-state index contributed by atoms with van der Waals surface area (Å²) in [6, 6.07) is -2.42. The number of dihydropyridines is 1. The number of carbonyl (C=O) groups is 2. The molecular weight excluding hydrogens is 384 g/mol. The van der Waals surface area contributed by atoms with Gasteiger partial charge in [0.2, 0.25) is 5.91 Å². The third kappa shape index (κ3) is 3.15. The average Bonchev–Trinajstić information content (AvgIpc) is 3.09. The molecule has 3 atom stereocenters. The Morgan fingerprint density at radius 2 is 2.14 bits per heavy atom. The summed E-state index contributed by atoms with van der Waals surface area (Å²) in [4.78, 5) is 37.1. The smallest absolute Gasteiger partial charge is 0.329 e. The van der Waals surface area contributed by atoms with Crippen LogP contribution in [0.25, 0.3) is 0 Å². The van der Waals surface area contributed by atoms with Gasteiger partial charge in [0, 0.05) is 31.9 Å². The molecule has 4 heterocycles. The highest BCUT2D eigenvalue weighted by Crippen LogP contribution is 2.41. The van der Waals surface area contributed by atoms with Crippen molar-refractivity contribution in [1.29, 1.82) is 0 Å². The maximum absolute atomic E-state index is 13.1. The monoisotopic (exact) mass is 403 g/mol. The van der Waals surface area contributed by atoms with Crippen molar-refractivity contribution in [1.82, 2.24) is 30.4 Å². The third-order valence-corrected chi connectivity index (χ3v) is 5.53. The fraction of sp³-hybridized carbons (Fsp3) is 0.444. The minimum atomic E-state index is -2.84. The molecule has 3 N–H and O–H groups in total. The molecule has 3 aliphatic heterocycles. The molecule has 9 nitrogen and oxygen atoms in total. The molecule has 1 aromatic rings. The van der Waals surface area contributed by atoms with Crippen LogP contribution in [-0.2, 0) is 4.79 Å². The zero-order valence-corrected chi connectivity index (χ0v) is 15.3. The van der Waals surface area contributed by atoms with Gasteiger partial charge in [-0.15, -0.1) is 0 Å². The summed E-state index contributed by atoms with van der Waals surface area (Å²) in [5, 5.41) is 8.13. The maximum atomic E-state index is 13.1. The van der Waals surface area contributed by atoms with Gasteiger partial charge in [0.15, 0.2) is 5.82 Å². The van der Waals surface area contributed by atoms with Crippen molar-refractivity contribution in [2.75, 3.05) is 18.4 Å². The van der Waals surface area contributed by atoms with Crippen molar-refractivity contribution in [3.8, 4) is 0 Å². The lowest BCUT2D eigenvalue weighted by Crippen LogP contribution is -2.56. The summed E-state index contributed by atoms with van der Waals surface area (Å²) < 4.78 is 26.3. The van der Waals surface area contributed by atoms with Gasteiger partial charge in [-0.05, 0) is 12.5 Å². The number of halogens is 2. The average molecular weight is 403 g/mol. The number of amides is 3. The van der Waals surface area contributed by atoms with E-state index in [9.17, 15) is 18.4 Å². The van der Waals surface area contributed by atoms with E-state index in [-0.39, 0.29) is 18.5 Å². The van der Waals surface area contributed by atoms with Crippen LogP contribution in [0.15, 0.2) is 42.3 Å². The zero-order valence-electron chi connectivity index (χ0n) is 15.3. The number of anilines is 1. The second-order valence-corrected chi connectivity index (χ2v) is 7.52. The molecule has 5 rings (SSSR count).